The lowest BCUT2D eigenvalue weighted by Crippen LogP contribution is -2.43. The standard InChI is InChI=1S/C26H28FN3O/c1-19-7-2-3-9-23(19)26(31)29-25(24-10-4-5-15-28-24)21-8-6-16-30(18-21)17-20-11-13-22(27)14-12-20/h2-5,7,9-15,21,25H,6,8,16-18H2,1H3,(H,29,31). The van der Waals surface area contributed by atoms with E-state index in [4.69, 9.17) is 0 Å². The van der Waals surface area contributed by atoms with Crippen LogP contribution in [0.5, 0.6) is 0 Å². The Morgan fingerprint density at radius 2 is 1.90 bits per heavy atom. The fraction of sp³-hybridized carbons (Fsp3) is 0.308. The second-order valence-electron chi connectivity index (χ2n) is 8.28. The van der Waals surface area contributed by atoms with Crippen LogP contribution in [-0.2, 0) is 6.54 Å². The monoisotopic (exact) mass is 417 g/mol. The van der Waals surface area contributed by atoms with E-state index < -0.39 is 0 Å². The van der Waals surface area contributed by atoms with Gasteiger partial charge in [-0.05, 0) is 73.7 Å². The zero-order valence-corrected chi connectivity index (χ0v) is 17.8. The number of piperidine rings is 1. The molecule has 2 aromatic carbocycles. The van der Waals surface area contributed by atoms with Gasteiger partial charge in [-0.25, -0.2) is 4.39 Å². The van der Waals surface area contributed by atoms with Crippen LogP contribution in [0.3, 0.4) is 0 Å². The van der Waals surface area contributed by atoms with E-state index in [0.29, 0.717) is 5.56 Å². The van der Waals surface area contributed by atoms with Crippen LogP contribution >= 0.6 is 0 Å². The lowest BCUT2D eigenvalue weighted by atomic mass is 9.88. The second-order valence-corrected chi connectivity index (χ2v) is 8.28. The number of hydrogen-bond donors (Lipinski definition) is 1. The quantitative estimate of drug-likeness (QED) is 0.620. The average Bonchev–Trinajstić information content (AvgIpc) is 2.80. The largest absolute Gasteiger partial charge is 0.343 e. The average molecular weight is 418 g/mol. The number of halogens is 1. The molecular weight excluding hydrogens is 389 g/mol. The summed E-state index contributed by atoms with van der Waals surface area (Å²) in [5, 5.41) is 3.27. The van der Waals surface area contributed by atoms with Gasteiger partial charge in [0.05, 0.1) is 11.7 Å². The van der Waals surface area contributed by atoms with Crippen molar-refractivity contribution in [3.8, 4) is 0 Å². The number of hydrogen-bond acceptors (Lipinski definition) is 3. The van der Waals surface area contributed by atoms with Gasteiger partial charge in [0.2, 0.25) is 0 Å². The number of benzene rings is 2. The molecule has 1 N–H and O–H groups in total. The van der Waals surface area contributed by atoms with E-state index in [0.717, 1.165) is 49.3 Å². The summed E-state index contributed by atoms with van der Waals surface area (Å²) in [5.41, 5.74) is 3.64. The van der Waals surface area contributed by atoms with E-state index in [1.54, 1.807) is 6.20 Å². The highest BCUT2D eigenvalue weighted by atomic mass is 19.1. The molecule has 0 radical (unpaired) electrons. The first-order valence-electron chi connectivity index (χ1n) is 10.8. The van der Waals surface area contributed by atoms with Crippen molar-refractivity contribution in [2.24, 2.45) is 5.92 Å². The number of pyridine rings is 1. The van der Waals surface area contributed by atoms with Crippen LogP contribution in [0.25, 0.3) is 0 Å². The van der Waals surface area contributed by atoms with Gasteiger partial charge in [0.15, 0.2) is 0 Å². The summed E-state index contributed by atoms with van der Waals surface area (Å²) in [6.45, 7) is 4.58. The van der Waals surface area contributed by atoms with Crippen molar-refractivity contribution in [2.75, 3.05) is 13.1 Å². The molecule has 1 fully saturated rings. The van der Waals surface area contributed by atoms with E-state index in [1.165, 1.54) is 12.1 Å². The third-order valence-electron chi connectivity index (χ3n) is 6.02. The maximum atomic E-state index is 13.2. The molecular formula is C26H28FN3O. The van der Waals surface area contributed by atoms with Crippen LogP contribution in [0.1, 0.15) is 46.1 Å². The molecule has 4 rings (SSSR count). The Hall–Kier alpha value is -3.05. The molecule has 1 amide bonds. The van der Waals surface area contributed by atoms with Gasteiger partial charge >= 0.3 is 0 Å². The van der Waals surface area contributed by atoms with Gasteiger partial charge in [-0.1, -0.05) is 36.4 Å². The summed E-state index contributed by atoms with van der Waals surface area (Å²) in [4.78, 5) is 20.1. The Balaban J connectivity index is 1.53. The maximum Gasteiger partial charge on any atom is 0.252 e. The summed E-state index contributed by atoms with van der Waals surface area (Å²) in [5.74, 6) is -0.0316. The van der Waals surface area contributed by atoms with E-state index in [9.17, 15) is 9.18 Å². The Kier molecular flexibility index (Phi) is 6.73. The number of likely N-dealkylation sites (tertiary alicyclic amines) is 1. The zero-order chi connectivity index (χ0) is 21.6. The molecule has 2 atom stereocenters. The lowest BCUT2D eigenvalue weighted by Gasteiger charge is -2.37. The molecule has 0 bridgehead atoms. The normalized spacial score (nSPS) is 17.8. The Bertz CT molecular complexity index is 1010. The molecule has 0 saturated carbocycles. The molecule has 31 heavy (non-hydrogen) atoms. The second kappa shape index (κ2) is 9.84. The van der Waals surface area contributed by atoms with E-state index >= 15 is 0 Å². The molecule has 160 valence electrons. The van der Waals surface area contributed by atoms with Crippen LogP contribution in [0, 0.1) is 18.7 Å². The first-order chi connectivity index (χ1) is 15.1. The Morgan fingerprint density at radius 3 is 2.65 bits per heavy atom. The van der Waals surface area contributed by atoms with Gasteiger partial charge in [0.25, 0.3) is 5.91 Å². The van der Waals surface area contributed by atoms with Crippen LogP contribution < -0.4 is 5.32 Å². The summed E-state index contributed by atoms with van der Waals surface area (Å²) in [6, 6.07) is 20.0. The van der Waals surface area contributed by atoms with Crippen LogP contribution in [0.15, 0.2) is 72.9 Å². The summed E-state index contributed by atoms with van der Waals surface area (Å²) >= 11 is 0. The summed E-state index contributed by atoms with van der Waals surface area (Å²) in [6.07, 6.45) is 3.85. The number of aromatic nitrogens is 1. The highest BCUT2D eigenvalue weighted by Gasteiger charge is 2.31. The molecule has 1 saturated heterocycles. The minimum absolute atomic E-state index is 0.0654. The fourth-order valence-corrected chi connectivity index (χ4v) is 4.39. The third-order valence-corrected chi connectivity index (χ3v) is 6.02. The number of nitrogens with one attached hydrogen (secondary N) is 1. The first kappa shape index (κ1) is 21.2. The minimum Gasteiger partial charge on any atom is -0.343 e. The highest BCUT2D eigenvalue weighted by Crippen LogP contribution is 2.30. The van der Waals surface area contributed by atoms with Gasteiger partial charge in [-0.15, -0.1) is 0 Å². The number of carbonyl (C=O) groups is 1. The van der Waals surface area contributed by atoms with Crippen LogP contribution in [-0.4, -0.2) is 28.9 Å². The van der Waals surface area contributed by atoms with Crippen molar-refractivity contribution in [3.63, 3.8) is 0 Å². The van der Waals surface area contributed by atoms with Crippen molar-refractivity contribution in [3.05, 3.63) is 101 Å². The van der Waals surface area contributed by atoms with Crippen molar-refractivity contribution in [2.45, 2.75) is 32.4 Å². The topological polar surface area (TPSA) is 45.2 Å². The van der Waals surface area contributed by atoms with Gasteiger partial charge in [-0.3, -0.25) is 14.7 Å². The zero-order valence-electron chi connectivity index (χ0n) is 17.8. The van der Waals surface area contributed by atoms with Crippen LogP contribution in [0.4, 0.5) is 4.39 Å². The maximum absolute atomic E-state index is 13.2. The van der Waals surface area contributed by atoms with E-state index in [1.807, 2.05) is 61.5 Å². The molecule has 1 aliphatic rings. The number of rotatable bonds is 6. The van der Waals surface area contributed by atoms with Gasteiger partial charge in [0.1, 0.15) is 5.82 Å². The van der Waals surface area contributed by atoms with E-state index in [-0.39, 0.29) is 23.7 Å². The predicted octanol–water partition coefficient (Wildman–Crippen LogP) is 4.91. The molecule has 2 unspecified atom stereocenters. The highest BCUT2D eigenvalue weighted by molar-refractivity contribution is 5.95. The fourth-order valence-electron chi connectivity index (χ4n) is 4.39. The molecule has 1 aromatic heterocycles. The van der Waals surface area contributed by atoms with Gasteiger partial charge in [0, 0.05) is 24.8 Å². The lowest BCUT2D eigenvalue weighted by molar-refractivity contribution is 0.0874. The van der Waals surface area contributed by atoms with Crippen LogP contribution in [0.2, 0.25) is 0 Å². The number of carbonyl (C=O) groups excluding carboxylic acids is 1. The molecule has 2 heterocycles. The Morgan fingerprint density at radius 1 is 1.13 bits per heavy atom. The number of aryl methyl sites for hydroxylation is 1. The molecule has 5 heteroatoms. The minimum atomic E-state index is -0.214. The van der Waals surface area contributed by atoms with Crippen molar-refractivity contribution in [1.29, 1.82) is 0 Å². The van der Waals surface area contributed by atoms with Crippen molar-refractivity contribution in [1.82, 2.24) is 15.2 Å². The van der Waals surface area contributed by atoms with Crippen molar-refractivity contribution < 1.29 is 9.18 Å². The van der Waals surface area contributed by atoms with Gasteiger partial charge in [-0.2, -0.15) is 0 Å². The third kappa shape index (κ3) is 5.36. The van der Waals surface area contributed by atoms with Crippen molar-refractivity contribution >= 4 is 5.91 Å². The number of nitrogens with zero attached hydrogens (tertiary/aromatic N) is 2. The summed E-state index contributed by atoms with van der Waals surface area (Å²) < 4.78 is 13.2. The SMILES string of the molecule is Cc1ccccc1C(=O)NC(c1ccccn1)C1CCCN(Cc2ccc(F)cc2)C1. The van der Waals surface area contributed by atoms with Gasteiger partial charge < -0.3 is 5.32 Å². The molecule has 0 aliphatic carbocycles. The number of amides is 1. The molecule has 0 spiro atoms. The molecule has 4 nitrogen and oxygen atoms in total. The summed E-state index contributed by atoms with van der Waals surface area (Å²) in [7, 11) is 0. The molecule has 3 aromatic rings. The Labute approximate surface area is 183 Å². The molecule has 1 aliphatic heterocycles. The smallest absolute Gasteiger partial charge is 0.252 e. The first-order valence-corrected chi connectivity index (χ1v) is 10.8. The predicted molar refractivity (Wildman–Crippen MR) is 120 cm³/mol. The van der Waals surface area contributed by atoms with E-state index in [2.05, 4.69) is 15.2 Å².